The summed E-state index contributed by atoms with van der Waals surface area (Å²) in [6.07, 6.45) is 5.09. The van der Waals surface area contributed by atoms with E-state index in [-0.39, 0.29) is 0 Å². The molecule has 1 aromatic rings. The third-order valence-corrected chi connectivity index (χ3v) is 1.64. The van der Waals surface area contributed by atoms with Gasteiger partial charge < -0.3 is 0 Å². The van der Waals surface area contributed by atoms with Gasteiger partial charge in [-0.3, -0.25) is 0 Å². The van der Waals surface area contributed by atoms with Crippen LogP contribution in [-0.4, -0.2) is 0 Å². The van der Waals surface area contributed by atoms with Crippen LogP contribution in [0.5, 0.6) is 0 Å². The fraction of sp³-hybridized carbons (Fsp3) is 0. The molecule has 0 aliphatic carbocycles. The second kappa shape index (κ2) is 3.99. The van der Waals surface area contributed by atoms with Crippen LogP contribution in [-0.2, 0) is 0 Å². The second-order valence-corrected chi connectivity index (χ2v) is 2.48. The molecular weight excluding hydrogens is 156 g/mol. The van der Waals surface area contributed by atoms with E-state index in [1.807, 2.05) is 30.3 Å². The molecule has 0 aliphatic heterocycles. The van der Waals surface area contributed by atoms with Gasteiger partial charge in [-0.05, 0) is 11.6 Å². The lowest BCUT2D eigenvalue weighted by Crippen LogP contribution is -1.71. The van der Waals surface area contributed by atoms with Gasteiger partial charge in [-0.15, -0.1) is 0 Å². The molecule has 0 saturated heterocycles. The summed E-state index contributed by atoms with van der Waals surface area (Å²) in [5.74, 6) is 0. The van der Waals surface area contributed by atoms with Crippen LogP contribution in [0.4, 0.5) is 0 Å². The van der Waals surface area contributed by atoms with Crippen LogP contribution in [0.25, 0.3) is 6.08 Å². The Morgan fingerprint density at radius 3 is 2.64 bits per heavy atom. The molecule has 0 bridgehead atoms. The number of hydrogen-bond donors (Lipinski definition) is 0. The van der Waals surface area contributed by atoms with Crippen LogP contribution in [0.1, 0.15) is 5.56 Å². The number of benzene rings is 1. The monoisotopic (exact) mass is 163 g/mol. The average molecular weight is 164 g/mol. The van der Waals surface area contributed by atoms with Crippen molar-refractivity contribution in [3.05, 3.63) is 53.6 Å². The molecule has 0 unspecified atom stereocenters. The van der Waals surface area contributed by atoms with Gasteiger partial charge in [-0.1, -0.05) is 54.6 Å². The lowest BCUT2D eigenvalue weighted by molar-refractivity contribution is 1.66. The van der Waals surface area contributed by atoms with Gasteiger partial charge in [0.05, 0.1) is 0 Å². The summed E-state index contributed by atoms with van der Waals surface area (Å²) in [5.41, 5.74) is 0.982. The molecule has 0 nitrogen and oxygen atoms in total. The van der Waals surface area contributed by atoms with Gasteiger partial charge in [-0.25, -0.2) is 0 Å². The van der Waals surface area contributed by atoms with Gasteiger partial charge in [0.1, 0.15) is 0 Å². The van der Waals surface area contributed by atoms with E-state index in [0.29, 0.717) is 0 Å². The number of rotatable bonds is 2. The standard InChI is InChI=1S/C10H8Cl/c1-2-3-6-9-7-4-5-8-10(9)11/h1-8H. The molecular formula is C10H8Cl. The van der Waals surface area contributed by atoms with Gasteiger partial charge >= 0.3 is 0 Å². The SMILES string of the molecule is [CH]=CC=Cc1ccccc1Cl. The quantitative estimate of drug-likeness (QED) is 0.587. The van der Waals surface area contributed by atoms with E-state index in [2.05, 4.69) is 0 Å². The molecule has 0 aliphatic rings. The van der Waals surface area contributed by atoms with Gasteiger partial charge in [0.15, 0.2) is 0 Å². The van der Waals surface area contributed by atoms with E-state index in [0.717, 1.165) is 10.6 Å². The summed E-state index contributed by atoms with van der Waals surface area (Å²) in [5, 5.41) is 0.741. The van der Waals surface area contributed by atoms with E-state index < -0.39 is 0 Å². The minimum absolute atomic E-state index is 0.741. The largest absolute Gasteiger partial charge is 0.0837 e. The van der Waals surface area contributed by atoms with Crippen molar-refractivity contribution in [3.8, 4) is 0 Å². The summed E-state index contributed by atoms with van der Waals surface area (Å²) in [7, 11) is 0. The third-order valence-electron chi connectivity index (χ3n) is 1.29. The van der Waals surface area contributed by atoms with Crippen LogP contribution < -0.4 is 0 Å². The van der Waals surface area contributed by atoms with Crippen LogP contribution >= 0.6 is 11.6 Å². The summed E-state index contributed by atoms with van der Waals surface area (Å²) in [6.45, 7) is 5.17. The molecule has 0 spiro atoms. The lowest BCUT2D eigenvalue weighted by Gasteiger charge is -1.94. The molecule has 0 aromatic heterocycles. The highest BCUT2D eigenvalue weighted by Gasteiger charge is 1.90. The molecule has 0 amide bonds. The predicted octanol–water partition coefficient (Wildman–Crippen LogP) is 3.34. The molecule has 1 heteroatoms. The molecule has 0 heterocycles. The van der Waals surface area contributed by atoms with Crippen molar-refractivity contribution in [1.82, 2.24) is 0 Å². The normalized spacial score (nSPS) is 10.3. The van der Waals surface area contributed by atoms with Crippen LogP contribution in [0.15, 0.2) is 36.4 Å². The first-order valence-electron chi connectivity index (χ1n) is 3.31. The van der Waals surface area contributed by atoms with Crippen molar-refractivity contribution >= 4 is 17.7 Å². The molecule has 0 atom stereocenters. The molecule has 1 aromatic carbocycles. The van der Waals surface area contributed by atoms with Crippen molar-refractivity contribution in [1.29, 1.82) is 0 Å². The zero-order valence-corrected chi connectivity index (χ0v) is 6.75. The number of allylic oxidation sites excluding steroid dienone is 2. The molecule has 1 rings (SSSR count). The topological polar surface area (TPSA) is 0 Å². The molecule has 1 radical (unpaired) electrons. The minimum Gasteiger partial charge on any atom is -0.0837 e. The Morgan fingerprint density at radius 1 is 1.27 bits per heavy atom. The predicted molar refractivity (Wildman–Crippen MR) is 49.4 cm³/mol. The van der Waals surface area contributed by atoms with E-state index >= 15 is 0 Å². The summed E-state index contributed by atoms with van der Waals surface area (Å²) >= 11 is 5.85. The summed E-state index contributed by atoms with van der Waals surface area (Å²) < 4.78 is 0. The highest BCUT2D eigenvalue weighted by Crippen LogP contribution is 2.15. The molecule has 55 valence electrons. The van der Waals surface area contributed by atoms with E-state index in [1.54, 1.807) is 6.08 Å². The van der Waals surface area contributed by atoms with E-state index in [4.69, 9.17) is 18.2 Å². The first-order valence-corrected chi connectivity index (χ1v) is 3.68. The Hall–Kier alpha value is -1.01. The van der Waals surface area contributed by atoms with Crippen molar-refractivity contribution in [2.75, 3.05) is 0 Å². The molecule has 0 fully saturated rings. The first-order chi connectivity index (χ1) is 5.34. The van der Waals surface area contributed by atoms with Gasteiger partial charge in [-0.2, -0.15) is 0 Å². The maximum Gasteiger partial charge on any atom is 0.0478 e. The minimum atomic E-state index is 0.741. The zero-order chi connectivity index (χ0) is 8.10. The fourth-order valence-electron chi connectivity index (χ4n) is 0.769. The lowest BCUT2D eigenvalue weighted by atomic mass is 10.2. The second-order valence-electron chi connectivity index (χ2n) is 2.07. The van der Waals surface area contributed by atoms with Crippen molar-refractivity contribution < 1.29 is 0 Å². The Morgan fingerprint density at radius 2 is 2.00 bits per heavy atom. The fourth-order valence-corrected chi connectivity index (χ4v) is 0.968. The summed E-state index contributed by atoms with van der Waals surface area (Å²) in [4.78, 5) is 0. The molecule has 0 saturated carbocycles. The first kappa shape index (κ1) is 8.09. The van der Waals surface area contributed by atoms with Crippen molar-refractivity contribution in [2.45, 2.75) is 0 Å². The Labute approximate surface area is 71.8 Å². The highest BCUT2D eigenvalue weighted by atomic mass is 35.5. The van der Waals surface area contributed by atoms with Gasteiger partial charge in [0.25, 0.3) is 0 Å². The zero-order valence-electron chi connectivity index (χ0n) is 6.00. The molecule has 11 heavy (non-hydrogen) atoms. The van der Waals surface area contributed by atoms with Crippen molar-refractivity contribution in [3.63, 3.8) is 0 Å². The van der Waals surface area contributed by atoms with E-state index in [9.17, 15) is 0 Å². The average Bonchev–Trinajstić information content (AvgIpc) is 2.03. The summed E-state index contributed by atoms with van der Waals surface area (Å²) in [6, 6.07) is 7.61. The van der Waals surface area contributed by atoms with Crippen molar-refractivity contribution in [2.24, 2.45) is 0 Å². The maximum absolute atomic E-state index is 5.85. The maximum atomic E-state index is 5.85. The van der Waals surface area contributed by atoms with E-state index in [1.165, 1.54) is 6.08 Å². The van der Waals surface area contributed by atoms with Gasteiger partial charge in [0.2, 0.25) is 0 Å². The van der Waals surface area contributed by atoms with Crippen LogP contribution in [0.2, 0.25) is 5.02 Å². The van der Waals surface area contributed by atoms with Gasteiger partial charge in [0, 0.05) is 5.02 Å². The highest BCUT2D eigenvalue weighted by molar-refractivity contribution is 6.32. The van der Waals surface area contributed by atoms with Crippen LogP contribution in [0, 0.1) is 6.58 Å². The molecule has 0 N–H and O–H groups in total. The third kappa shape index (κ3) is 2.24. The Balaban J connectivity index is 2.94. The smallest absolute Gasteiger partial charge is 0.0478 e. The Bertz CT molecular complexity index is 274. The number of halogens is 1. The van der Waals surface area contributed by atoms with Crippen LogP contribution in [0.3, 0.4) is 0 Å². The number of hydrogen-bond acceptors (Lipinski definition) is 0. The Kier molecular flexibility index (Phi) is 2.94.